The van der Waals surface area contributed by atoms with Crippen molar-refractivity contribution in [3.8, 4) is 17.1 Å². The van der Waals surface area contributed by atoms with Gasteiger partial charge in [0.1, 0.15) is 0 Å². The zero-order valence-electron chi connectivity index (χ0n) is 24.2. The second-order valence-electron chi connectivity index (χ2n) is 9.91. The molecule has 9 nitrogen and oxygen atoms in total. The molecule has 13 heteroatoms. The van der Waals surface area contributed by atoms with E-state index in [1.54, 1.807) is 31.4 Å². The zero-order chi connectivity index (χ0) is 31.1. The predicted octanol–water partition coefficient (Wildman–Crippen LogP) is 4.90. The number of benzene rings is 1. The SMILES string of the molecule is CCOc1ncccc1-c1ccc(N2CCN(C(=O)c3ccc(Cl)cc3C(F)(F)F)C[C@H]2CC)c(C(=O)NCCNC)n1. The zero-order valence-corrected chi connectivity index (χ0v) is 24.9. The van der Waals surface area contributed by atoms with Crippen LogP contribution in [0, 0.1) is 0 Å². The van der Waals surface area contributed by atoms with Gasteiger partial charge in [0.2, 0.25) is 5.88 Å². The normalized spacial score (nSPS) is 15.4. The summed E-state index contributed by atoms with van der Waals surface area (Å²) in [6.45, 7) is 5.70. The van der Waals surface area contributed by atoms with E-state index in [9.17, 15) is 22.8 Å². The number of nitrogens with one attached hydrogen (secondary N) is 2. The van der Waals surface area contributed by atoms with Gasteiger partial charge in [-0.25, -0.2) is 9.97 Å². The van der Waals surface area contributed by atoms with E-state index in [-0.39, 0.29) is 42.3 Å². The van der Waals surface area contributed by atoms with E-state index in [4.69, 9.17) is 21.3 Å². The maximum absolute atomic E-state index is 13.7. The molecule has 0 bridgehead atoms. The summed E-state index contributed by atoms with van der Waals surface area (Å²) in [5, 5.41) is 5.77. The molecule has 4 rings (SSSR count). The van der Waals surface area contributed by atoms with E-state index in [0.717, 1.165) is 12.1 Å². The highest BCUT2D eigenvalue weighted by atomic mass is 35.5. The van der Waals surface area contributed by atoms with Crippen molar-refractivity contribution in [2.45, 2.75) is 32.5 Å². The molecular weight excluding hydrogens is 585 g/mol. The fraction of sp³-hybridized carbons (Fsp3) is 0.400. The van der Waals surface area contributed by atoms with Gasteiger partial charge in [-0.15, -0.1) is 0 Å². The first-order valence-electron chi connectivity index (χ1n) is 14.0. The summed E-state index contributed by atoms with van der Waals surface area (Å²) < 4.78 is 46.9. The van der Waals surface area contributed by atoms with Crippen molar-refractivity contribution in [3.63, 3.8) is 0 Å². The Labute approximate surface area is 253 Å². The van der Waals surface area contributed by atoms with Gasteiger partial charge in [-0.1, -0.05) is 18.5 Å². The first kappa shape index (κ1) is 32.0. The number of rotatable bonds is 10. The third-order valence-corrected chi connectivity index (χ3v) is 7.38. The molecule has 2 aromatic heterocycles. The van der Waals surface area contributed by atoms with E-state index < -0.39 is 23.2 Å². The number of hydrogen-bond donors (Lipinski definition) is 2. The second-order valence-corrected chi connectivity index (χ2v) is 10.3. The van der Waals surface area contributed by atoms with Gasteiger partial charge < -0.3 is 25.2 Å². The minimum atomic E-state index is -4.73. The standard InChI is InChI=1S/C30H34ClF3N6O3/c1-4-20-18-39(29(42)21-9-8-19(31)17-23(21)30(32,33)34)15-16-40(20)25-11-10-24(22-7-6-12-37-28(22)43-5-2)38-26(25)27(41)36-14-13-35-3/h6-12,17,20,35H,4-5,13-16,18H2,1-3H3,(H,36,41)/t20-/m1/s1. The molecule has 43 heavy (non-hydrogen) atoms. The molecule has 0 spiro atoms. The predicted molar refractivity (Wildman–Crippen MR) is 159 cm³/mol. The highest BCUT2D eigenvalue weighted by Gasteiger charge is 2.38. The lowest BCUT2D eigenvalue weighted by atomic mass is 10.0. The lowest BCUT2D eigenvalue weighted by molar-refractivity contribution is -0.138. The van der Waals surface area contributed by atoms with E-state index >= 15 is 0 Å². The molecule has 0 saturated carbocycles. The summed E-state index contributed by atoms with van der Waals surface area (Å²) in [5.74, 6) is -0.704. The van der Waals surface area contributed by atoms with Crippen molar-refractivity contribution in [2.24, 2.45) is 0 Å². The topological polar surface area (TPSA) is 99.7 Å². The smallest absolute Gasteiger partial charge is 0.417 e. The molecule has 3 aromatic rings. The molecule has 230 valence electrons. The Morgan fingerprint density at radius 2 is 1.91 bits per heavy atom. The molecule has 0 aliphatic carbocycles. The average molecular weight is 619 g/mol. The Hall–Kier alpha value is -3.90. The molecular formula is C30H34ClF3N6O3. The van der Waals surface area contributed by atoms with E-state index in [1.165, 1.54) is 11.0 Å². The number of hydrogen-bond acceptors (Lipinski definition) is 7. The van der Waals surface area contributed by atoms with Gasteiger partial charge in [0.05, 0.1) is 34.7 Å². The van der Waals surface area contributed by atoms with Crippen molar-refractivity contribution < 1.29 is 27.5 Å². The van der Waals surface area contributed by atoms with Gasteiger partial charge in [0, 0.05) is 50.0 Å². The van der Waals surface area contributed by atoms with Crippen molar-refractivity contribution in [3.05, 3.63) is 70.5 Å². The molecule has 0 radical (unpaired) electrons. The van der Waals surface area contributed by atoms with Crippen molar-refractivity contribution >= 4 is 29.1 Å². The van der Waals surface area contributed by atoms with Gasteiger partial charge in [0.15, 0.2) is 5.69 Å². The molecule has 0 unspecified atom stereocenters. The third-order valence-electron chi connectivity index (χ3n) is 7.15. The van der Waals surface area contributed by atoms with Crippen LogP contribution in [-0.4, -0.2) is 79.1 Å². The molecule has 1 aliphatic rings. The van der Waals surface area contributed by atoms with Crippen LogP contribution in [0.15, 0.2) is 48.7 Å². The summed E-state index contributed by atoms with van der Waals surface area (Å²) in [6.07, 6.45) is -2.56. The fourth-order valence-electron chi connectivity index (χ4n) is 5.04. The number of alkyl halides is 3. The number of amides is 2. The highest BCUT2D eigenvalue weighted by Crippen LogP contribution is 2.36. The number of carbonyl (C=O) groups is 2. The van der Waals surface area contributed by atoms with Crippen LogP contribution in [0.1, 0.15) is 46.7 Å². The number of aromatic nitrogens is 2. The largest absolute Gasteiger partial charge is 0.477 e. The van der Waals surface area contributed by atoms with Gasteiger partial charge in [0.25, 0.3) is 11.8 Å². The van der Waals surface area contributed by atoms with E-state index in [2.05, 4.69) is 15.6 Å². The Bertz CT molecular complexity index is 1450. The monoisotopic (exact) mass is 618 g/mol. The van der Waals surface area contributed by atoms with Crippen LogP contribution in [-0.2, 0) is 6.18 Å². The molecule has 2 amide bonds. The Morgan fingerprint density at radius 3 is 2.60 bits per heavy atom. The molecule has 1 aliphatic heterocycles. The number of halogens is 4. The number of piperazine rings is 1. The molecule has 1 fully saturated rings. The fourth-order valence-corrected chi connectivity index (χ4v) is 5.21. The highest BCUT2D eigenvalue weighted by molar-refractivity contribution is 6.30. The van der Waals surface area contributed by atoms with E-state index in [0.29, 0.717) is 48.9 Å². The number of anilines is 1. The number of ether oxygens (including phenoxy) is 1. The first-order chi connectivity index (χ1) is 20.6. The summed E-state index contributed by atoms with van der Waals surface area (Å²) in [6, 6.07) is 10.0. The van der Waals surface area contributed by atoms with E-state index in [1.807, 2.05) is 24.8 Å². The third kappa shape index (κ3) is 7.37. The van der Waals surface area contributed by atoms with Crippen molar-refractivity contribution in [1.82, 2.24) is 25.5 Å². The van der Waals surface area contributed by atoms with Crippen LogP contribution in [0.2, 0.25) is 5.02 Å². The lowest BCUT2D eigenvalue weighted by Gasteiger charge is -2.43. The van der Waals surface area contributed by atoms with Crippen molar-refractivity contribution in [1.29, 1.82) is 0 Å². The van der Waals surface area contributed by atoms with Gasteiger partial charge >= 0.3 is 6.18 Å². The summed E-state index contributed by atoms with van der Waals surface area (Å²) in [5.41, 5.74) is 0.374. The number of likely N-dealkylation sites (N-methyl/N-ethyl adjacent to an activating group) is 1. The van der Waals surface area contributed by atoms with Crippen LogP contribution in [0.5, 0.6) is 5.88 Å². The maximum atomic E-state index is 13.7. The first-order valence-corrected chi connectivity index (χ1v) is 14.4. The quantitative estimate of drug-likeness (QED) is 0.312. The maximum Gasteiger partial charge on any atom is 0.417 e. The van der Waals surface area contributed by atoms with Crippen LogP contribution in [0.4, 0.5) is 18.9 Å². The summed E-state index contributed by atoms with van der Waals surface area (Å²) in [4.78, 5) is 39.2. The molecule has 2 N–H and O–H groups in total. The van der Waals surface area contributed by atoms with Gasteiger partial charge in [-0.3, -0.25) is 9.59 Å². The van der Waals surface area contributed by atoms with Crippen LogP contribution < -0.4 is 20.3 Å². The second kappa shape index (κ2) is 14.0. The number of pyridine rings is 2. The lowest BCUT2D eigenvalue weighted by Crippen LogP contribution is -2.55. The van der Waals surface area contributed by atoms with Crippen molar-refractivity contribution in [2.75, 3.05) is 51.3 Å². The molecule has 3 heterocycles. The van der Waals surface area contributed by atoms with Crippen LogP contribution in [0.25, 0.3) is 11.3 Å². The Kier molecular flexibility index (Phi) is 10.5. The molecule has 1 saturated heterocycles. The summed E-state index contributed by atoms with van der Waals surface area (Å²) >= 11 is 5.82. The summed E-state index contributed by atoms with van der Waals surface area (Å²) in [7, 11) is 1.78. The Morgan fingerprint density at radius 1 is 1.12 bits per heavy atom. The Balaban J connectivity index is 1.67. The average Bonchev–Trinajstić information content (AvgIpc) is 3.00. The minimum Gasteiger partial charge on any atom is -0.477 e. The van der Waals surface area contributed by atoms with Crippen LogP contribution in [0.3, 0.4) is 0 Å². The number of carbonyl (C=O) groups excluding carboxylic acids is 2. The van der Waals surface area contributed by atoms with Gasteiger partial charge in [-0.2, -0.15) is 13.2 Å². The van der Waals surface area contributed by atoms with Gasteiger partial charge in [-0.05, 0) is 62.9 Å². The minimum absolute atomic E-state index is 0.101. The molecule has 1 aromatic carbocycles. The van der Waals surface area contributed by atoms with Crippen LogP contribution >= 0.6 is 11.6 Å². The molecule has 1 atom stereocenters. The number of nitrogens with zero attached hydrogens (tertiary/aromatic N) is 4.